The minimum Gasteiger partial charge on any atom is -0.361 e. The molecule has 1 aromatic heterocycles. The standard InChI is InChI=1S/C15H23N7O3/c1-11(23)21-8-6-20(7-9-21)5-4-16-15-17-10-13(22(24)25)14(19-15)18-12-2-3-12/h10,12H,2-9H2,1H3,(H2,16,17,18,19). The fourth-order valence-corrected chi connectivity index (χ4v) is 2.73. The third kappa shape index (κ3) is 4.75. The average Bonchev–Trinajstić information content (AvgIpc) is 3.39. The van der Waals surface area contributed by atoms with E-state index in [2.05, 4.69) is 25.5 Å². The first-order valence-electron chi connectivity index (χ1n) is 8.52. The summed E-state index contributed by atoms with van der Waals surface area (Å²) in [5.74, 6) is 0.781. The Balaban J connectivity index is 1.49. The number of hydrogen-bond donors (Lipinski definition) is 2. The molecule has 0 bridgehead atoms. The van der Waals surface area contributed by atoms with Crippen molar-refractivity contribution < 1.29 is 9.72 Å². The summed E-state index contributed by atoms with van der Waals surface area (Å²) in [6.07, 6.45) is 3.26. The van der Waals surface area contributed by atoms with Crippen molar-refractivity contribution in [2.24, 2.45) is 0 Å². The summed E-state index contributed by atoms with van der Waals surface area (Å²) < 4.78 is 0. The highest BCUT2D eigenvalue weighted by molar-refractivity contribution is 5.73. The van der Waals surface area contributed by atoms with Crippen molar-refractivity contribution in [2.75, 3.05) is 49.9 Å². The van der Waals surface area contributed by atoms with Crippen LogP contribution in [0.1, 0.15) is 19.8 Å². The molecule has 10 heteroatoms. The summed E-state index contributed by atoms with van der Waals surface area (Å²) in [5, 5.41) is 17.3. The number of piperazine rings is 1. The molecule has 3 rings (SSSR count). The lowest BCUT2D eigenvalue weighted by Gasteiger charge is -2.34. The lowest BCUT2D eigenvalue weighted by atomic mass is 10.3. The summed E-state index contributed by atoms with van der Waals surface area (Å²) in [4.78, 5) is 34.3. The lowest BCUT2D eigenvalue weighted by molar-refractivity contribution is -0.384. The maximum atomic E-state index is 11.3. The van der Waals surface area contributed by atoms with Crippen LogP contribution >= 0.6 is 0 Å². The molecule has 1 aliphatic carbocycles. The normalized spacial score (nSPS) is 18.0. The van der Waals surface area contributed by atoms with E-state index in [1.165, 1.54) is 6.20 Å². The van der Waals surface area contributed by atoms with Gasteiger partial charge in [-0.25, -0.2) is 4.98 Å². The van der Waals surface area contributed by atoms with Crippen molar-refractivity contribution in [1.82, 2.24) is 19.8 Å². The van der Waals surface area contributed by atoms with Crippen molar-refractivity contribution in [3.05, 3.63) is 16.3 Å². The maximum absolute atomic E-state index is 11.3. The van der Waals surface area contributed by atoms with Gasteiger partial charge in [-0.3, -0.25) is 19.8 Å². The van der Waals surface area contributed by atoms with Crippen LogP contribution in [0.25, 0.3) is 0 Å². The van der Waals surface area contributed by atoms with Crippen LogP contribution in [0.5, 0.6) is 0 Å². The molecule has 0 radical (unpaired) electrons. The molecule has 2 N–H and O–H groups in total. The van der Waals surface area contributed by atoms with Gasteiger partial charge in [-0.05, 0) is 12.8 Å². The summed E-state index contributed by atoms with van der Waals surface area (Å²) in [5.41, 5.74) is -0.0993. The van der Waals surface area contributed by atoms with Crippen LogP contribution in [-0.2, 0) is 4.79 Å². The molecule has 1 aliphatic heterocycles. The van der Waals surface area contributed by atoms with E-state index in [9.17, 15) is 14.9 Å². The molecule has 0 unspecified atom stereocenters. The van der Waals surface area contributed by atoms with Crippen LogP contribution < -0.4 is 10.6 Å². The number of amides is 1. The van der Waals surface area contributed by atoms with E-state index in [1.54, 1.807) is 6.92 Å². The summed E-state index contributed by atoms with van der Waals surface area (Å²) in [7, 11) is 0. The third-order valence-electron chi connectivity index (χ3n) is 4.41. The Hall–Kier alpha value is -2.49. The fourth-order valence-electron chi connectivity index (χ4n) is 2.73. The summed E-state index contributed by atoms with van der Waals surface area (Å²) in [6.45, 7) is 6.22. The molecule has 136 valence electrons. The Morgan fingerprint density at radius 3 is 2.68 bits per heavy atom. The van der Waals surface area contributed by atoms with Gasteiger partial charge >= 0.3 is 5.69 Å². The third-order valence-corrected chi connectivity index (χ3v) is 4.41. The molecule has 1 saturated heterocycles. The first-order valence-corrected chi connectivity index (χ1v) is 8.52. The monoisotopic (exact) mass is 349 g/mol. The molecule has 25 heavy (non-hydrogen) atoms. The number of hydrogen-bond acceptors (Lipinski definition) is 8. The van der Waals surface area contributed by atoms with Gasteiger partial charge in [-0.2, -0.15) is 4.98 Å². The molecule has 10 nitrogen and oxygen atoms in total. The van der Waals surface area contributed by atoms with Crippen LogP contribution in [0.2, 0.25) is 0 Å². The molecule has 0 spiro atoms. The molecular weight excluding hydrogens is 326 g/mol. The molecular formula is C15H23N7O3. The topological polar surface area (TPSA) is 117 Å². The van der Waals surface area contributed by atoms with E-state index in [4.69, 9.17) is 0 Å². The van der Waals surface area contributed by atoms with Crippen LogP contribution in [0, 0.1) is 10.1 Å². The molecule has 0 aromatic carbocycles. The van der Waals surface area contributed by atoms with E-state index in [0.29, 0.717) is 12.5 Å². The predicted molar refractivity (Wildman–Crippen MR) is 92.5 cm³/mol. The Labute approximate surface area is 145 Å². The SMILES string of the molecule is CC(=O)N1CCN(CCNc2ncc([N+](=O)[O-])c(NC3CC3)n2)CC1. The van der Waals surface area contributed by atoms with Crippen molar-refractivity contribution >= 4 is 23.4 Å². The van der Waals surface area contributed by atoms with Gasteiger partial charge in [0, 0.05) is 52.2 Å². The van der Waals surface area contributed by atoms with E-state index in [0.717, 1.165) is 45.6 Å². The largest absolute Gasteiger partial charge is 0.361 e. The van der Waals surface area contributed by atoms with Gasteiger partial charge in [0.2, 0.25) is 17.7 Å². The van der Waals surface area contributed by atoms with Gasteiger partial charge in [-0.15, -0.1) is 0 Å². The number of nitrogens with zero attached hydrogens (tertiary/aromatic N) is 5. The number of rotatable bonds is 7. The summed E-state index contributed by atoms with van der Waals surface area (Å²) >= 11 is 0. The molecule has 1 saturated carbocycles. The Morgan fingerprint density at radius 2 is 2.08 bits per heavy atom. The van der Waals surface area contributed by atoms with Gasteiger partial charge in [0.05, 0.1) is 4.92 Å². The van der Waals surface area contributed by atoms with Gasteiger partial charge in [0.25, 0.3) is 0 Å². The Kier molecular flexibility index (Phi) is 5.27. The molecule has 0 atom stereocenters. The second-order valence-electron chi connectivity index (χ2n) is 6.38. The molecule has 2 aliphatic rings. The van der Waals surface area contributed by atoms with Crippen molar-refractivity contribution in [2.45, 2.75) is 25.8 Å². The maximum Gasteiger partial charge on any atom is 0.329 e. The number of aromatic nitrogens is 2. The molecule has 1 aromatic rings. The predicted octanol–water partition coefficient (Wildman–Crippen LogP) is 0.535. The van der Waals surface area contributed by atoms with Gasteiger partial charge in [-0.1, -0.05) is 0 Å². The second-order valence-corrected chi connectivity index (χ2v) is 6.38. The number of carbonyl (C=O) groups excluding carboxylic acids is 1. The molecule has 2 fully saturated rings. The minimum atomic E-state index is -0.469. The zero-order valence-corrected chi connectivity index (χ0v) is 14.3. The molecule has 2 heterocycles. The van der Waals surface area contributed by atoms with E-state index in [-0.39, 0.29) is 23.5 Å². The average molecular weight is 349 g/mol. The summed E-state index contributed by atoms with van der Waals surface area (Å²) in [6, 6.07) is 0.277. The smallest absolute Gasteiger partial charge is 0.329 e. The van der Waals surface area contributed by atoms with Crippen LogP contribution in [0.4, 0.5) is 17.5 Å². The fraction of sp³-hybridized carbons (Fsp3) is 0.667. The van der Waals surface area contributed by atoms with Gasteiger partial charge in [0.15, 0.2) is 0 Å². The molecule has 1 amide bonds. The number of anilines is 2. The quantitative estimate of drug-likeness (QED) is 0.541. The van der Waals surface area contributed by atoms with Gasteiger partial charge < -0.3 is 15.5 Å². The van der Waals surface area contributed by atoms with Gasteiger partial charge in [0.1, 0.15) is 6.20 Å². The van der Waals surface area contributed by atoms with E-state index in [1.807, 2.05) is 4.90 Å². The highest BCUT2D eigenvalue weighted by Crippen LogP contribution is 2.29. The van der Waals surface area contributed by atoms with Crippen LogP contribution in [-0.4, -0.2) is 75.9 Å². The number of nitrogens with one attached hydrogen (secondary N) is 2. The van der Waals surface area contributed by atoms with Crippen LogP contribution in [0.3, 0.4) is 0 Å². The zero-order chi connectivity index (χ0) is 17.8. The van der Waals surface area contributed by atoms with Crippen molar-refractivity contribution in [3.8, 4) is 0 Å². The van der Waals surface area contributed by atoms with E-state index >= 15 is 0 Å². The Bertz CT molecular complexity index is 642. The zero-order valence-electron chi connectivity index (χ0n) is 14.3. The first kappa shape index (κ1) is 17.3. The van der Waals surface area contributed by atoms with Crippen molar-refractivity contribution in [1.29, 1.82) is 0 Å². The minimum absolute atomic E-state index is 0.0993. The van der Waals surface area contributed by atoms with E-state index < -0.39 is 4.92 Å². The number of nitro groups is 1. The Morgan fingerprint density at radius 1 is 1.36 bits per heavy atom. The number of carbonyl (C=O) groups is 1. The highest BCUT2D eigenvalue weighted by atomic mass is 16.6. The lowest BCUT2D eigenvalue weighted by Crippen LogP contribution is -2.49. The highest BCUT2D eigenvalue weighted by Gasteiger charge is 2.26. The second kappa shape index (κ2) is 7.60. The first-order chi connectivity index (χ1) is 12.0. The van der Waals surface area contributed by atoms with Crippen molar-refractivity contribution in [3.63, 3.8) is 0 Å². The van der Waals surface area contributed by atoms with Crippen LogP contribution in [0.15, 0.2) is 6.20 Å².